The summed E-state index contributed by atoms with van der Waals surface area (Å²) in [6.45, 7) is 2.88. The molecule has 0 atom stereocenters. The molecule has 0 saturated carbocycles. The largest absolute Gasteiger partial charge is 0.397 e. The summed E-state index contributed by atoms with van der Waals surface area (Å²) in [7, 11) is 0. The van der Waals surface area contributed by atoms with E-state index in [0.29, 0.717) is 28.0 Å². The molecule has 0 aliphatic carbocycles. The van der Waals surface area contributed by atoms with Gasteiger partial charge in [0.2, 0.25) is 5.91 Å². The number of amides is 1. The van der Waals surface area contributed by atoms with Crippen LogP contribution in [0.15, 0.2) is 12.1 Å². The Kier molecular flexibility index (Phi) is 5.56. The molecule has 0 saturated heterocycles. The molecule has 1 rings (SSSR count). The SMILES string of the molecule is CCCCN(CC(N)=O)c1cc(Cl)c(Cl)cc1N. The van der Waals surface area contributed by atoms with Crippen LogP contribution in [0.1, 0.15) is 19.8 Å². The van der Waals surface area contributed by atoms with Crippen LogP contribution in [-0.4, -0.2) is 19.0 Å². The number of unbranched alkanes of at least 4 members (excludes halogenated alkanes) is 1. The van der Waals surface area contributed by atoms with Gasteiger partial charge in [-0.1, -0.05) is 36.5 Å². The summed E-state index contributed by atoms with van der Waals surface area (Å²) in [5.41, 5.74) is 12.3. The minimum absolute atomic E-state index is 0.113. The lowest BCUT2D eigenvalue weighted by atomic mass is 10.2. The van der Waals surface area contributed by atoms with Gasteiger partial charge < -0.3 is 16.4 Å². The molecular weight excluding hydrogens is 273 g/mol. The van der Waals surface area contributed by atoms with Crippen molar-refractivity contribution in [3.63, 3.8) is 0 Å². The number of carbonyl (C=O) groups is 1. The molecule has 4 N–H and O–H groups in total. The number of rotatable bonds is 6. The average Bonchev–Trinajstić information content (AvgIpc) is 2.29. The van der Waals surface area contributed by atoms with Crippen molar-refractivity contribution in [3.05, 3.63) is 22.2 Å². The van der Waals surface area contributed by atoms with Gasteiger partial charge in [0.1, 0.15) is 0 Å². The predicted molar refractivity (Wildman–Crippen MR) is 77.2 cm³/mol. The summed E-state index contributed by atoms with van der Waals surface area (Å²) in [5.74, 6) is -0.406. The number of nitrogen functional groups attached to an aromatic ring is 1. The van der Waals surface area contributed by atoms with Crippen molar-refractivity contribution >= 4 is 40.5 Å². The summed E-state index contributed by atoms with van der Waals surface area (Å²) in [6.07, 6.45) is 1.95. The zero-order valence-electron chi connectivity index (χ0n) is 10.2. The number of benzene rings is 1. The van der Waals surface area contributed by atoms with Crippen molar-refractivity contribution in [3.8, 4) is 0 Å². The lowest BCUT2D eigenvalue weighted by Crippen LogP contribution is -2.35. The molecule has 0 aliphatic heterocycles. The Labute approximate surface area is 117 Å². The Bertz CT molecular complexity index is 438. The predicted octanol–water partition coefficient (Wildman–Crippen LogP) is 2.67. The first-order valence-corrected chi connectivity index (χ1v) is 6.49. The molecule has 0 spiro atoms. The van der Waals surface area contributed by atoms with E-state index in [-0.39, 0.29) is 6.54 Å². The highest BCUT2D eigenvalue weighted by atomic mass is 35.5. The van der Waals surface area contributed by atoms with Gasteiger partial charge in [0, 0.05) is 6.54 Å². The van der Waals surface area contributed by atoms with Gasteiger partial charge in [-0.05, 0) is 18.6 Å². The highest BCUT2D eigenvalue weighted by Gasteiger charge is 2.14. The first-order valence-electron chi connectivity index (χ1n) is 5.73. The molecule has 1 amide bonds. The molecule has 100 valence electrons. The molecular formula is C12H17Cl2N3O. The molecule has 0 bridgehead atoms. The van der Waals surface area contributed by atoms with Crippen LogP contribution >= 0.6 is 23.2 Å². The Morgan fingerprint density at radius 1 is 1.33 bits per heavy atom. The Morgan fingerprint density at radius 2 is 1.94 bits per heavy atom. The van der Waals surface area contributed by atoms with Crippen molar-refractivity contribution < 1.29 is 4.79 Å². The van der Waals surface area contributed by atoms with Gasteiger partial charge in [-0.3, -0.25) is 4.79 Å². The molecule has 0 unspecified atom stereocenters. The highest BCUT2D eigenvalue weighted by molar-refractivity contribution is 6.42. The second-order valence-corrected chi connectivity index (χ2v) is 4.88. The third kappa shape index (κ3) is 3.96. The van der Waals surface area contributed by atoms with E-state index in [9.17, 15) is 4.79 Å². The molecule has 4 nitrogen and oxygen atoms in total. The highest BCUT2D eigenvalue weighted by Crippen LogP contribution is 2.33. The third-order valence-corrected chi connectivity index (χ3v) is 3.26. The van der Waals surface area contributed by atoms with Crippen LogP contribution in [0.4, 0.5) is 11.4 Å². The van der Waals surface area contributed by atoms with E-state index in [4.69, 9.17) is 34.7 Å². The Balaban J connectivity index is 3.03. The summed E-state index contributed by atoms with van der Waals surface area (Å²) >= 11 is 11.8. The number of hydrogen-bond acceptors (Lipinski definition) is 3. The third-order valence-electron chi connectivity index (χ3n) is 2.54. The van der Waals surface area contributed by atoms with E-state index in [1.54, 1.807) is 12.1 Å². The number of anilines is 2. The lowest BCUT2D eigenvalue weighted by Gasteiger charge is -2.25. The van der Waals surface area contributed by atoms with E-state index in [2.05, 4.69) is 6.92 Å². The van der Waals surface area contributed by atoms with Crippen LogP contribution < -0.4 is 16.4 Å². The normalized spacial score (nSPS) is 10.4. The van der Waals surface area contributed by atoms with Gasteiger partial charge >= 0.3 is 0 Å². The molecule has 0 fully saturated rings. The minimum Gasteiger partial charge on any atom is -0.397 e. The van der Waals surface area contributed by atoms with Crippen LogP contribution in [0.25, 0.3) is 0 Å². The topological polar surface area (TPSA) is 72.3 Å². The molecule has 0 heterocycles. The Morgan fingerprint density at radius 3 is 2.50 bits per heavy atom. The summed E-state index contributed by atoms with van der Waals surface area (Å²) in [5, 5.41) is 0.805. The van der Waals surface area contributed by atoms with Gasteiger partial charge in [-0.2, -0.15) is 0 Å². The maximum atomic E-state index is 11.1. The van der Waals surface area contributed by atoms with Crippen molar-refractivity contribution in [1.82, 2.24) is 0 Å². The number of nitrogens with zero attached hydrogens (tertiary/aromatic N) is 1. The number of nitrogens with two attached hydrogens (primary N) is 2. The number of primary amides is 1. The van der Waals surface area contributed by atoms with Gasteiger partial charge in [0.15, 0.2) is 0 Å². The monoisotopic (exact) mass is 289 g/mol. The minimum atomic E-state index is -0.406. The van der Waals surface area contributed by atoms with Crippen LogP contribution in [0.3, 0.4) is 0 Å². The van der Waals surface area contributed by atoms with Gasteiger partial charge in [-0.15, -0.1) is 0 Å². The fourth-order valence-electron chi connectivity index (χ4n) is 1.65. The molecule has 6 heteroatoms. The molecule has 1 aromatic rings. The van der Waals surface area contributed by atoms with Crippen LogP contribution in [0.2, 0.25) is 10.0 Å². The van der Waals surface area contributed by atoms with E-state index < -0.39 is 5.91 Å². The van der Waals surface area contributed by atoms with E-state index in [0.717, 1.165) is 12.8 Å². The standard InChI is InChI=1S/C12H17Cl2N3O/c1-2-3-4-17(7-12(16)18)11-6-9(14)8(13)5-10(11)15/h5-6H,2-4,7,15H2,1H3,(H2,16,18). The van der Waals surface area contributed by atoms with Crippen LogP contribution in [0, 0.1) is 0 Å². The molecule has 0 radical (unpaired) electrons. The van der Waals surface area contributed by atoms with Crippen molar-refractivity contribution in [2.24, 2.45) is 5.73 Å². The molecule has 0 aromatic heterocycles. The summed E-state index contributed by atoms with van der Waals surface area (Å²) in [4.78, 5) is 12.9. The van der Waals surface area contributed by atoms with Crippen molar-refractivity contribution in [1.29, 1.82) is 0 Å². The zero-order chi connectivity index (χ0) is 13.7. The van der Waals surface area contributed by atoms with Crippen LogP contribution in [-0.2, 0) is 4.79 Å². The maximum absolute atomic E-state index is 11.1. The quantitative estimate of drug-likeness (QED) is 0.791. The van der Waals surface area contributed by atoms with Crippen LogP contribution in [0.5, 0.6) is 0 Å². The van der Waals surface area contributed by atoms with Gasteiger partial charge in [0.05, 0.1) is 28.0 Å². The van der Waals surface area contributed by atoms with Gasteiger partial charge in [0.25, 0.3) is 0 Å². The smallest absolute Gasteiger partial charge is 0.236 e. The summed E-state index contributed by atoms with van der Waals surface area (Å²) in [6, 6.07) is 3.25. The lowest BCUT2D eigenvalue weighted by molar-refractivity contribution is -0.116. The Hall–Kier alpha value is -1.13. The molecule has 0 aliphatic rings. The molecule has 1 aromatic carbocycles. The van der Waals surface area contributed by atoms with Crippen molar-refractivity contribution in [2.75, 3.05) is 23.7 Å². The van der Waals surface area contributed by atoms with E-state index in [1.165, 1.54) is 0 Å². The zero-order valence-corrected chi connectivity index (χ0v) is 11.8. The van der Waals surface area contributed by atoms with E-state index in [1.807, 2.05) is 4.90 Å². The van der Waals surface area contributed by atoms with E-state index >= 15 is 0 Å². The fraction of sp³-hybridized carbons (Fsp3) is 0.417. The number of hydrogen-bond donors (Lipinski definition) is 2. The van der Waals surface area contributed by atoms with Crippen molar-refractivity contribution in [2.45, 2.75) is 19.8 Å². The second-order valence-electron chi connectivity index (χ2n) is 4.07. The first-order chi connectivity index (χ1) is 8.45. The fourth-order valence-corrected chi connectivity index (χ4v) is 1.98. The number of carbonyl (C=O) groups excluding carboxylic acids is 1. The number of halogens is 2. The average molecular weight is 290 g/mol. The first kappa shape index (κ1) is 14.9. The second kappa shape index (κ2) is 6.71. The maximum Gasteiger partial charge on any atom is 0.236 e. The molecule has 18 heavy (non-hydrogen) atoms. The van der Waals surface area contributed by atoms with Gasteiger partial charge in [-0.25, -0.2) is 0 Å². The summed E-state index contributed by atoms with van der Waals surface area (Å²) < 4.78 is 0.